The number of H-pyrrole nitrogens is 1. The normalized spacial score (nSPS) is 19.5. The first kappa shape index (κ1) is 28.2. The minimum Gasteiger partial charge on any atom is -0.459 e. The van der Waals surface area contributed by atoms with Gasteiger partial charge in [-0.1, -0.05) is 54.6 Å². The van der Waals surface area contributed by atoms with E-state index in [0.717, 1.165) is 6.20 Å². The van der Waals surface area contributed by atoms with Crippen molar-refractivity contribution in [1.82, 2.24) is 4.98 Å². The fourth-order valence-electron chi connectivity index (χ4n) is 4.50. The minimum atomic E-state index is -1.39. The monoisotopic (exact) mass is 572 g/mol. The van der Waals surface area contributed by atoms with Crippen LogP contribution in [-0.4, -0.2) is 47.8 Å². The zero-order chi connectivity index (χ0) is 29.6. The summed E-state index contributed by atoms with van der Waals surface area (Å²) >= 11 is 0. The molecule has 3 aromatic carbocycles. The van der Waals surface area contributed by atoms with E-state index in [9.17, 15) is 23.6 Å². The zero-order valence-electron chi connectivity index (χ0n) is 22.0. The third-order valence-corrected chi connectivity index (χ3v) is 6.62. The molecule has 1 aromatic heterocycles. The number of halogens is 1. The highest BCUT2D eigenvalue weighted by Crippen LogP contribution is 2.40. The van der Waals surface area contributed by atoms with Crippen molar-refractivity contribution in [3.8, 4) is 0 Å². The van der Waals surface area contributed by atoms with E-state index in [1.807, 2.05) is 0 Å². The number of carbonyl (C=O) groups is 3. The summed E-state index contributed by atoms with van der Waals surface area (Å²) in [7, 11) is 0. The van der Waals surface area contributed by atoms with Crippen LogP contribution in [0.25, 0.3) is 0 Å². The Morgan fingerprint density at radius 3 is 1.76 bits per heavy atom. The smallest absolute Gasteiger partial charge is 0.338 e. The molecule has 4 aromatic rings. The van der Waals surface area contributed by atoms with Gasteiger partial charge in [0.05, 0.1) is 22.4 Å². The van der Waals surface area contributed by atoms with Crippen molar-refractivity contribution >= 4 is 23.6 Å². The fraction of sp³-hybridized carbons (Fsp3) is 0.161. The SMILES string of the molecule is Nc1c([C@@H]2O[C@H](COC(=O)c3ccccc3)[C@@H](OC(=O)c3ccccc3)[C@H]2OC(=O)c2ccccc2)c[nH]c(=O)c1F. The molecule has 3 N–H and O–H groups in total. The van der Waals surface area contributed by atoms with Crippen molar-refractivity contribution in [2.45, 2.75) is 24.4 Å². The highest BCUT2D eigenvalue weighted by atomic mass is 19.1. The lowest BCUT2D eigenvalue weighted by Crippen LogP contribution is -2.41. The molecule has 1 fully saturated rings. The molecule has 214 valence electrons. The lowest BCUT2D eigenvalue weighted by atomic mass is 10.0. The first-order chi connectivity index (χ1) is 20.3. The van der Waals surface area contributed by atoms with Gasteiger partial charge in [-0.3, -0.25) is 4.79 Å². The second-order valence-corrected chi connectivity index (χ2v) is 9.33. The molecular weight excluding hydrogens is 547 g/mol. The third-order valence-electron chi connectivity index (χ3n) is 6.62. The highest BCUT2D eigenvalue weighted by molar-refractivity contribution is 5.91. The molecule has 10 nitrogen and oxygen atoms in total. The summed E-state index contributed by atoms with van der Waals surface area (Å²) in [5.74, 6) is -3.50. The minimum absolute atomic E-state index is 0.0596. The van der Waals surface area contributed by atoms with Gasteiger partial charge in [-0.15, -0.1) is 0 Å². The first-order valence-corrected chi connectivity index (χ1v) is 12.9. The number of pyridine rings is 1. The molecule has 1 aliphatic rings. The second-order valence-electron chi connectivity index (χ2n) is 9.33. The number of benzene rings is 3. The first-order valence-electron chi connectivity index (χ1n) is 12.9. The largest absolute Gasteiger partial charge is 0.459 e. The number of rotatable bonds is 8. The molecule has 11 heteroatoms. The summed E-state index contributed by atoms with van der Waals surface area (Å²) in [6.45, 7) is -0.428. The predicted octanol–water partition coefficient (Wildman–Crippen LogP) is 3.84. The Kier molecular flexibility index (Phi) is 8.39. The number of hydrogen-bond acceptors (Lipinski definition) is 9. The van der Waals surface area contributed by atoms with Crippen molar-refractivity contribution in [2.75, 3.05) is 12.3 Å². The maximum Gasteiger partial charge on any atom is 0.338 e. The molecule has 42 heavy (non-hydrogen) atoms. The average Bonchev–Trinajstić information content (AvgIpc) is 3.35. The van der Waals surface area contributed by atoms with Crippen LogP contribution in [0.15, 0.2) is 102 Å². The Balaban J connectivity index is 1.51. The van der Waals surface area contributed by atoms with Crippen molar-refractivity contribution in [1.29, 1.82) is 0 Å². The van der Waals surface area contributed by atoms with Crippen LogP contribution >= 0.6 is 0 Å². The molecule has 2 heterocycles. The van der Waals surface area contributed by atoms with Gasteiger partial charge in [0.2, 0.25) is 5.82 Å². The van der Waals surface area contributed by atoms with Gasteiger partial charge in [-0.05, 0) is 36.4 Å². The number of carbonyl (C=O) groups excluding carboxylic acids is 3. The van der Waals surface area contributed by atoms with Gasteiger partial charge in [-0.25, -0.2) is 14.4 Å². The Labute approximate surface area is 238 Å². The summed E-state index contributed by atoms with van der Waals surface area (Å²) in [6, 6.07) is 24.2. The number of anilines is 1. The number of esters is 3. The van der Waals surface area contributed by atoms with E-state index in [-0.39, 0.29) is 22.3 Å². The zero-order valence-corrected chi connectivity index (χ0v) is 22.0. The standard InChI is InChI=1S/C31H25FN2O8/c32-23-24(33)21(16-34-28(23)35)25-27(42-31(38)20-14-8-3-9-15-20)26(41-30(37)19-12-6-2-7-13-19)22(40-25)17-39-29(36)18-10-4-1-5-11-18/h1-16,22,25-27H,17H2,(H3,33,34,35)/t22-,25+,26-,27+/m1/s1. The summed E-state index contributed by atoms with van der Waals surface area (Å²) in [6.07, 6.45) is -4.11. The van der Waals surface area contributed by atoms with Crippen LogP contribution in [0.3, 0.4) is 0 Å². The topological polar surface area (TPSA) is 147 Å². The summed E-state index contributed by atoms with van der Waals surface area (Å²) < 4.78 is 37.8. The number of nitrogens with two attached hydrogens (primary N) is 1. The molecule has 0 aliphatic carbocycles. The maximum absolute atomic E-state index is 14.6. The lowest BCUT2D eigenvalue weighted by molar-refractivity contribution is -0.0450. The van der Waals surface area contributed by atoms with Gasteiger partial charge in [-0.2, -0.15) is 4.39 Å². The molecule has 5 rings (SSSR count). The van der Waals surface area contributed by atoms with Crippen LogP contribution < -0.4 is 11.3 Å². The number of nitrogens with one attached hydrogen (secondary N) is 1. The van der Waals surface area contributed by atoms with Gasteiger partial charge in [0, 0.05) is 11.8 Å². The van der Waals surface area contributed by atoms with E-state index in [1.54, 1.807) is 66.7 Å². The van der Waals surface area contributed by atoms with Gasteiger partial charge < -0.3 is 29.7 Å². The van der Waals surface area contributed by atoms with E-state index in [4.69, 9.17) is 24.7 Å². The molecule has 0 saturated carbocycles. The third kappa shape index (κ3) is 6.06. The van der Waals surface area contributed by atoms with Crippen molar-refractivity contribution in [3.63, 3.8) is 0 Å². The van der Waals surface area contributed by atoms with E-state index < -0.39 is 66.0 Å². The van der Waals surface area contributed by atoms with Crippen LogP contribution in [0, 0.1) is 5.82 Å². The van der Waals surface area contributed by atoms with Crippen molar-refractivity contribution in [3.05, 3.63) is 136 Å². The number of ether oxygens (including phenoxy) is 4. The van der Waals surface area contributed by atoms with Gasteiger partial charge in [0.25, 0.3) is 5.56 Å². The van der Waals surface area contributed by atoms with Gasteiger partial charge in [0.1, 0.15) is 18.8 Å². The molecular formula is C31H25FN2O8. The molecule has 0 unspecified atom stereocenters. The van der Waals surface area contributed by atoms with Crippen LogP contribution in [0.1, 0.15) is 42.7 Å². The van der Waals surface area contributed by atoms with E-state index in [2.05, 4.69) is 4.98 Å². The summed E-state index contributed by atoms with van der Waals surface area (Å²) in [5.41, 5.74) is 4.93. The number of aromatic nitrogens is 1. The summed E-state index contributed by atoms with van der Waals surface area (Å²) in [5, 5.41) is 0. The number of hydrogen-bond donors (Lipinski definition) is 2. The number of aromatic amines is 1. The fourth-order valence-corrected chi connectivity index (χ4v) is 4.50. The number of nitrogen functional groups attached to an aromatic ring is 1. The van der Waals surface area contributed by atoms with Crippen molar-refractivity contribution in [2.24, 2.45) is 0 Å². The van der Waals surface area contributed by atoms with Crippen LogP contribution in [0.2, 0.25) is 0 Å². The Bertz CT molecular complexity index is 1630. The highest BCUT2D eigenvalue weighted by Gasteiger charge is 2.51. The van der Waals surface area contributed by atoms with E-state index >= 15 is 0 Å². The Hall–Kier alpha value is -5.29. The maximum atomic E-state index is 14.6. The molecule has 0 spiro atoms. The quantitative estimate of drug-likeness (QED) is 0.237. The van der Waals surface area contributed by atoms with Crippen LogP contribution in [0.4, 0.5) is 10.1 Å². The Morgan fingerprint density at radius 2 is 1.24 bits per heavy atom. The molecule has 0 amide bonds. The predicted molar refractivity (Wildman–Crippen MR) is 147 cm³/mol. The van der Waals surface area contributed by atoms with Gasteiger partial charge >= 0.3 is 17.9 Å². The van der Waals surface area contributed by atoms with E-state index in [1.165, 1.54) is 24.3 Å². The van der Waals surface area contributed by atoms with Crippen LogP contribution in [-0.2, 0) is 18.9 Å². The van der Waals surface area contributed by atoms with Crippen molar-refractivity contribution < 1.29 is 37.7 Å². The average molecular weight is 573 g/mol. The second kappa shape index (κ2) is 12.5. The van der Waals surface area contributed by atoms with Crippen LogP contribution in [0.5, 0.6) is 0 Å². The van der Waals surface area contributed by atoms with Gasteiger partial charge in [0.15, 0.2) is 12.2 Å². The molecule has 0 radical (unpaired) electrons. The van der Waals surface area contributed by atoms with E-state index in [0.29, 0.717) is 0 Å². The lowest BCUT2D eigenvalue weighted by Gasteiger charge is -2.25. The summed E-state index contributed by atoms with van der Waals surface area (Å²) in [4.78, 5) is 53.1. The molecule has 1 aliphatic heterocycles. The molecule has 0 bridgehead atoms. The molecule has 1 saturated heterocycles. The molecule has 4 atom stereocenters. The Morgan fingerprint density at radius 1 is 0.762 bits per heavy atom.